The third kappa shape index (κ3) is 1.66. The summed E-state index contributed by atoms with van der Waals surface area (Å²) in [4.78, 5) is 9.52. The predicted octanol–water partition coefficient (Wildman–Crippen LogP) is 2.98. The van der Waals surface area contributed by atoms with Gasteiger partial charge in [-0.1, -0.05) is 12.1 Å². The lowest BCUT2D eigenvalue weighted by atomic mass is 10.3. The van der Waals surface area contributed by atoms with Gasteiger partial charge in [-0.25, -0.2) is 4.52 Å². The van der Waals surface area contributed by atoms with Crippen LogP contribution in [-0.4, -0.2) is 19.6 Å². The maximum absolute atomic E-state index is 5.57. The molecule has 0 aliphatic heterocycles. The van der Waals surface area contributed by atoms with Gasteiger partial charge in [0.2, 0.25) is 4.96 Å². The zero-order valence-corrected chi connectivity index (χ0v) is 10.8. The quantitative estimate of drug-likeness (QED) is 0.607. The van der Waals surface area contributed by atoms with Gasteiger partial charge < -0.3 is 4.42 Å². The van der Waals surface area contributed by atoms with Crippen LogP contribution in [0.3, 0.4) is 0 Å². The Morgan fingerprint density at radius 2 is 2.16 bits per heavy atom. The summed E-state index contributed by atoms with van der Waals surface area (Å²) in [6.07, 6.45) is 0. The summed E-state index contributed by atoms with van der Waals surface area (Å²) in [5, 5.41) is 9.34. The van der Waals surface area contributed by atoms with E-state index in [1.165, 1.54) is 0 Å². The molecule has 0 saturated carbocycles. The number of hydrogen-bond donors (Lipinski definition) is 1. The molecular formula is C12H9N5OS. The van der Waals surface area contributed by atoms with Gasteiger partial charge in [0.1, 0.15) is 5.52 Å². The Bertz CT molecular complexity index is 842. The van der Waals surface area contributed by atoms with E-state index in [0.29, 0.717) is 12.0 Å². The van der Waals surface area contributed by atoms with Gasteiger partial charge in [0.05, 0.1) is 5.69 Å². The second-order valence-electron chi connectivity index (χ2n) is 4.12. The maximum atomic E-state index is 5.57. The molecule has 4 rings (SSSR count). The van der Waals surface area contributed by atoms with Crippen molar-refractivity contribution in [1.29, 1.82) is 0 Å². The fourth-order valence-electron chi connectivity index (χ4n) is 1.87. The number of nitrogens with one attached hydrogen (secondary N) is 1. The molecule has 0 amide bonds. The molecule has 6 nitrogen and oxygen atoms in total. The van der Waals surface area contributed by atoms with Gasteiger partial charge in [-0.15, -0.1) is 16.4 Å². The molecule has 3 heterocycles. The number of benzene rings is 1. The molecule has 94 valence electrons. The van der Waals surface area contributed by atoms with Gasteiger partial charge in [-0.05, 0) is 19.1 Å². The third-order valence-corrected chi connectivity index (χ3v) is 3.69. The third-order valence-electron chi connectivity index (χ3n) is 2.76. The second kappa shape index (κ2) is 3.79. The second-order valence-corrected chi connectivity index (χ2v) is 4.96. The molecular weight excluding hydrogens is 262 g/mol. The fourth-order valence-corrected chi connectivity index (χ4v) is 2.67. The first-order valence-electron chi connectivity index (χ1n) is 5.73. The normalized spacial score (nSPS) is 11.4. The van der Waals surface area contributed by atoms with Gasteiger partial charge in [-0.2, -0.15) is 9.97 Å². The monoisotopic (exact) mass is 271 g/mol. The number of oxazole rings is 1. The Labute approximate surface area is 111 Å². The van der Waals surface area contributed by atoms with E-state index >= 15 is 0 Å². The summed E-state index contributed by atoms with van der Waals surface area (Å²) in [5.41, 5.74) is 2.60. The largest absolute Gasteiger partial charge is 0.423 e. The highest BCUT2D eigenvalue weighted by Gasteiger charge is 2.10. The van der Waals surface area contributed by atoms with E-state index < -0.39 is 0 Å². The zero-order valence-electron chi connectivity index (χ0n) is 9.99. The van der Waals surface area contributed by atoms with Gasteiger partial charge in [0.15, 0.2) is 5.58 Å². The number of hydrogen-bond acceptors (Lipinski definition) is 6. The Kier molecular flexibility index (Phi) is 2.10. The van der Waals surface area contributed by atoms with E-state index in [9.17, 15) is 0 Å². The highest BCUT2D eigenvalue weighted by atomic mass is 32.1. The minimum absolute atomic E-state index is 0.400. The Morgan fingerprint density at radius 3 is 3.00 bits per heavy atom. The van der Waals surface area contributed by atoms with Gasteiger partial charge in [0, 0.05) is 5.38 Å². The predicted molar refractivity (Wildman–Crippen MR) is 72.9 cm³/mol. The van der Waals surface area contributed by atoms with Crippen molar-refractivity contribution in [3.63, 3.8) is 0 Å². The number of fused-ring (bicyclic) bond motifs is 2. The van der Waals surface area contributed by atoms with Crippen LogP contribution in [0, 0.1) is 6.92 Å². The van der Waals surface area contributed by atoms with Crippen LogP contribution in [0.25, 0.3) is 16.1 Å². The molecule has 19 heavy (non-hydrogen) atoms. The minimum Gasteiger partial charge on any atom is -0.423 e. The number of anilines is 2. The van der Waals surface area contributed by atoms with Crippen LogP contribution in [0.2, 0.25) is 0 Å². The van der Waals surface area contributed by atoms with Crippen LogP contribution in [0.15, 0.2) is 34.1 Å². The molecule has 0 aliphatic rings. The van der Waals surface area contributed by atoms with E-state index in [-0.39, 0.29) is 0 Å². The summed E-state index contributed by atoms with van der Waals surface area (Å²) in [6, 6.07) is 8.00. The van der Waals surface area contributed by atoms with E-state index in [2.05, 4.69) is 20.4 Å². The number of thiazole rings is 1. The van der Waals surface area contributed by atoms with Crippen molar-refractivity contribution in [2.45, 2.75) is 6.92 Å². The SMILES string of the molecule is Cc1csc2nc(Nc3nc4ccccc4o3)nn12. The number of nitrogens with zero attached hydrogens (tertiary/aromatic N) is 4. The molecule has 1 N–H and O–H groups in total. The molecule has 7 heteroatoms. The van der Waals surface area contributed by atoms with E-state index in [4.69, 9.17) is 4.42 Å². The lowest BCUT2D eigenvalue weighted by molar-refractivity contribution is 0.621. The standard InChI is InChI=1S/C12H9N5OS/c1-7-6-19-12-15-10(16-17(7)12)14-11-13-8-4-2-3-5-9(8)18-11/h2-6H,1H3,(H,13,14,16). The van der Waals surface area contributed by atoms with Crippen LogP contribution in [0.4, 0.5) is 12.0 Å². The first kappa shape index (κ1) is 10.5. The molecule has 0 radical (unpaired) electrons. The van der Waals surface area contributed by atoms with Crippen molar-refractivity contribution in [2.24, 2.45) is 0 Å². The van der Waals surface area contributed by atoms with Crippen LogP contribution in [0.1, 0.15) is 5.69 Å². The van der Waals surface area contributed by atoms with Crippen molar-refractivity contribution in [3.8, 4) is 0 Å². The average Bonchev–Trinajstić information content (AvgIpc) is 3.06. The van der Waals surface area contributed by atoms with Crippen LogP contribution in [-0.2, 0) is 0 Å². The lowest BCUT2D eigenvalue weighted by Gasteiger charge is -1.92. The molecule has 4 aromatic rings. The van der Waals surface area contributed by atoms with Crippen molar-refractivity contribution < 1.29 is 4.42 Å². The van der Waals surface area contributed by atoms with Gasteiger partial charge in [0.25, 0.3) is 5.95 Å². The van der Waals surface area contributed by atoms with Crippen molar-refractivity contribution in [3.05, 3.63) is 35.3 Å². The van der Waals surface area contributed by atoms with Crippen molar-refractivity contribution >= 4 is 39.4 Å². The molecule has 0 saturated heterocycles. The summed E-state index contributed by atoms with van der Waals surface area (Å²) >= 11 is 1.55. The Morgan fingerprint density at radius 1 is 1.26 bits per heavy atom. The minimum atomic E-state index is 0.400. The smallest absolute Gasteiger partial charge is 0.302 e. The lowest BCUT2D eigenvalue weighted by Crippen LogP contribution is -1.93. The topological polar surface area (TPSA) is 68.2 Å². The summed E-state index contributed by atoms with van der Waals surface area (Å²) in [6.45, 7) is 1.99. The first-order valence-corrected chi connectivity index (χ1v) is 6.61. The molecule has 3 aromatic heterocycles. The average molecular weight is 271 g/mol. The van der Waals surface area contributed by atoms with Crippen LogP contribution < -0.4 is 5.32 Å². The highest BCUT2D eigenvalue weighted by molar-refractivity contribution is 7.15. The number of aromatic nitrogens is 4. The number of para-hydroxylation sites is 2. The summed E-state index contributed by atoms with van der Waals surface area (Å²) < 4.78 is 7.35. The zero-order chi connectivity index (χ0) is 12.8. The molecule has 1 aromatic carbocycles. The Hall–Kier alpha value is -2.41. The molecule has 0 fully saturated rings. The molecule has 0 spiro atoms. The molecule has 0 unspecified atom stereocenters. The maximum Gasteiger partial charge on any atom is 0.302 e. The van der Waals surface area contributed by atoms with E-state index in [0.717, 1.165) is 21.8 Å². The Balaban J connectivity index is 1.73. The first-order chi connectivity index (χ1) is 9.29. The van der Waals surface area contributed by atoms with E-state index in [1.54, 1.807) is 15.9 Å². The number of aryl methyl sites for hydroxylation is 1. The van der Waals surface area contributed by atoms with Crippen LogP contribution >= 0.6 is 11.3 Å². The van der Waals surface area contributed by atoms with Crippen molar-refractivity contribution in [2.75, 3.05) is 5.32 Å². The molecule has 0 atom stereocenters. The highest BCUT2D eigenvalue weighted by Crippen LogP contribution is 2.22. The van der Waals surface area contributed by atoms with E-state index in [1.807, 2.05) is 36.6 Å². The summed E-state index contributed by atoms with van der Waals surface area (Å²) in [7, 11) is 0. The van der Waals surface area contributed by atoms with Gasteiger partial charge >= 0.3 is 6.01 Å². The van der Waals surface area contributed by atoms with Gasteiger partial charge in [-0.3, -0.25) is 5.32 Å². The van der Waals surface area contributed by atoms with Crippen LogP contribution in [0.5, 0.6) is 0 Å². The number of rotatable bonds is 2. The molecule has 0 bridgehead atoms. The molecule has 0 aliphatic carbocycles. The van der Waals surface area contributed by atoms with Crippen molar-refractivity contribution in [1.82, 2.24) is 19.6 Å². The fraction of sp³-hybridized carbons (Fsp3) is 0.0833. The summed E-state index contributed by atoms with van der Waals surface area (Å²) in [5.74, 6) is 0.488.